The third-order valence-electron chi connectivity index (χ3n) is 9.01. The molecular formula is C29H50N4O4S2. The molecule has 1 aromatic rings. The Hall–Kier alpha value is -1.04. The average Bonchev–Trinajstić information content (AvgIpc) is 2.89. The van der Waals surface area contributed by atoms with Gasteiger partial charge in [-0.25, -0.2) is 16.8 Å². The molecule has 0 spiro atoms. The smallest absolute Gasteiger partial charge is 0.243 e. The number of nitrogens with zero attached hydrogens (tertiary/aromatic N) is 4. The molecule has 0 radical (unpaired) electrons. The van der Waals surface area contributed by atoms with Gasteiger partial charge in [-0.15, -0.1) is 0 Å². The molecule has 0 saturated carbocycles. The van der Waals surface area contributed by atoms with Crippen molar-refractivity contribution in [3.8, 4) is 0 Å². The molecule has 0 bridgehead atoms. The first-order valence-electron chi connectivity index (χ1n) is 15.1. The van der Waals surface area contributed by atoms with E-state index in [4.69, 9.17) is 0 Å². The predicted molar refractivity (Wildman–Crippen MR) is 158 cm³/mol. The number of hydrogen-bond donors (Lipinski definition) is 0. The van der Waals surface area contributed by atoms with Gasteiger partial charge in [-0.05, 0) is 95.6 Å². The monoisotopic (exact) mass is 582 g/mol. The number of piperidine rings is 2. The molecule has 222 valence electrons. The predicted octanol–water partition coefficient (Wildman–Crippen LogP) is 3.62. The van der Waals surface area contributed by atoms with Crippen molar-refractivity contribution in [1.29, 1.82) is 0 Å². The Bertz CT molecular complexity index is 1150. The van der Waals surface area contributed by atoms with Crippen molar-refractivity contribution in [2.24, 2.45) is 0 Å². The van der Waals surface area contributed by atoms with Crippen LogP contribution in [-0.4, -0.2) is 106 Å². The number of aryl methyl sites for hydroxylation is 3. The molecule has 0 amide bonds. The Morgan fingerprint density at radius 2 is 1.49 bits per heavy atom. The fourth-order valence-electron chi connectivity index (χ4n) is 6.91. The summed E-state index contributed by atoms with van der Waals surface area (Å²) >= 11 is 0. The molecule has 1 atom stereocenters. The van der Waals surface area contributed by atoms with E-state index in [1.807, 2.05) is 26.0 Å². The van der Waals surface area contributed by atoms with E-state index in [0.29, 0.717) is 43.4 Å². The van der Waals surface area contributed by atoms with E-state index in [9.17, 15) is 16.8 Å². The first-order valence-corrected chi connectivity index (χ1v) is 18.1. The molecule has 39 heavy (non-hydrogen) atoms. The van der Waals surface area contributed by atoms with Crippen LogP contribution in [0.15, 0.2) is 17.0 Å². The SMILES string of the molecule is CCCc1cc(C)c(S(=O)(=O)N2CCCCC2CCCS(=O)(=O)N2CCN(C3CCN(C)CC3)CC2)c(C)c1. The molecule has 1 unspecified atom stereocenters. The number of benzene rings is 1. The van der Waals surface area contributed by atoms with Crippen LogP contribution in [0, 0.1) is 13.8 Å². The van der Waals surface area contributed by atoms with Gasteiger partial charge in [0.15, 0.2) is 0 Å². The summed E-state index contributed by atoms with van der Waals surface area (Å²) in [6.45, 7) is 11.4. The van der Waals surface area contributed by atoms with Crippen LogP contribution in [-0.2, 0) is 26.5 Å². The lowest BCUT2D eigenvalue weighted by molar-refractivity contribution is 0.0892. The summed E-state index contributed by atoms with van der Waals surface area (Å²) in [4.78, 5) is 5.27. The van der Waals surface area contributed by atoms with Crippen LogP contribution in [0.4, 0.5) is 0 Å². The van der Waals surface area contributed by atoms with E-state index < -0.39 is 20.0 Å². The van der Waals surface area contributed by atoms with Crippen molar-refractivity contribution >= 4 is 20.0 Å². The van der Waals surface area contributed by atoms with Crippen LogP contribution >= 0.6 is 0 Å². The highest BCUT2D eigenvalue weighted by atomic mass is 32.2. The molecular weight excluding hydrogens is 532 g/mol. The second-order valence-corrected chi connectivity index (χ2v) is 15.9. The standard InChI is InChI=1S/C29H50N4O4S2/c1-5-9-26-22-24(2)29(25(3)23-26)39(36,37)33-14-7-6-10-28(33)11-8-21-38(34,35)32-19-17-31(18-20-32)27-12-15-30(4)16-13-27/h22-23,27-28H,5-21H2,1-4H3. The van der Waals surface area contributed by atoms with E-state index in [1.54, 1.807) is 8.61 Å². The summed E-state index contributed by atoms with van der Waals surface area (Å²) in [6.07, 6.45) is 7.98. The molecule has 3 aliphatic rings. The maximum absolute atomic E-state index is 13.9. The maximum atomic E-state index is 13.9. The first-order chi connectivity index (χ1) is 18.5. The zero-order valence-electron chi connectivity index (χ0n) is 24.6. The van der Waals surface area contributed by atoms with Crippen molar-refractivity contribution in [3.63, 3.8) is 0 Å². The van der Waals surface area contributed by atoms with Crippen LogP contribution in [0.3, 0.4) is 0 Å². The highest BCUT2D eigenvalue weighted by Crippen LogP contribution is 2.32. The van der Waals surface area contributed by atoms with Crippen molar-refractivity contribution < 1.29 is 16.8 Å². The molecule has 0 N–H and O–H groups in total. The number of hydrogen-bond acceptors (Lipinski definition) is 6. The largest absolute Gasteiger partial charge is 0.306 e. The Morgan fingerprint density at radius 1 is 0.846 bits per heavy atom. The summed E-state index contributed by atoms with van der Waals surface area (Å²) in [6, 6.07) is 4.46. The molecule has 3 fully saturated rings. The van der Waals surface area contributed by atoms with E-state index in [0.717, 1.165) is 82.3 Å². The average molecular weight is 583 g/mol. The number of sulfonamides is 2. The van der Waals surface area contributed by atoms with Crippen molar-refractivity contribution in [3.05, 3.63) is 28.8 Å². The minimum absolute atomic E-state index is 0.0926. The molecule has 0 aliphatic carbocycles. The Morgan fingerprint density at radius 3 is 2.10 bits per heavy atom. The summed E-state index contributed by atoms with van der Waals surface area (Å²) in [7, 11) is -4.83. The maximum Gasteiger partial charge on any atom is 0.243 e. The van der Waals surface area contributed by atoms with Gasteiger partial charge in [0.05, 0.1) is 10.6 Å². The molecule has 4 rings (SSSR count). The second-order valence-electron chi connectivity index (χ2n) is 12.0. The molecule has 1 aromatic carbocycles. The van der Waals surface area contributed by atoms with E-state index in [1.165, 1.54) is 5.56 Å². The normalized spacial score (nSPS) is 23.8. The van der Waals surface area contributed by atoms with Gasteiger partial charge in [0.1, 0.15) is 0 Å². The lowest BCUT2D eigenvalue weighted by Gasteiger charge is -2.41. The highest BCUT2D eigenvalue weighted by molar-refractivity contribution is 7.89. The fraction of sp³-hybridized carbons (Fsp3) is 0.793. The summed E-state index contributed by atoms with van der Waals surface area (Å²) < 4.78 is 57.5. The minimum atomic E-state index is -3.65. The highest BCUT2D eigenvalue weighted by Gasteiger charge is 2.36. The van der Waals surface area contributed by atoms with Crippen LogP contribution < -0.4 is 0 Å². The van der Waals surface area contributed by atoms with Crippen LogP contribution in [0.1, 0.15) is 75.0 Å². The first kappa shape index (κ1) is 30.9. The van der Waals surface area contributed by atoms with Crippen LogP contribution in [0.25, 0.3) is 0 Å². The van der Waals surface area contributed by atoms with Crippen LogP contribution in [0.2, 0.25) is 0 Å². The number of rotatable bonds is 10. The van der Waals surface area contributed by atoms with Crippen molar-refractivity contribution in [1.82, 2.24) is 18.4 Å². The summed E-state index contributed by atoms with van der Waals surface area (Å²) in [5, 5.41) is 0. The topological polar surface area (TPSA) is 81.2 Å². The lowest BCUT2D eigenvalue weighted by Crippen LogP contribution is -2.54. The van der Waals surface area contributed by atoms with E-state index in [2.05, 4.69) is 23.8 Å². The Kier molecular flexibility index (Phi) is 10.5. The molecule has 3 saturated heterocycles. The van der Waals surface area contributed by atoms with Gasteiger partial charge >= 0.3 is 0 Å². The lowest BCUT2D eigenvalue weighted by atomic mass is 10.0. The van der Waals surface area contributed by atoms with Gasteiger partial charge in [-0.3, -0.25) is 4.90 Å². The molecule has 8 nitrogen and oxygen atoms in total. The quantitative estimate of drug-likeness (QED) is 0.419. The fourth-order valence-corrected chi connectivity index (χ4v) is 10.6. The number of piperazine rings is 1. The summed E-state index contributed by atoms with van der Waals surface area (Å²) in [5.41, 5.74) is 2.80. The van der Waals surface area contributed by atoms with Crippen LogP contribution in [0.5, 0.6) is 0 Å². The zero-order chi connectivity index (χ0) is 28.2. The molecule has 3 heterocycles. The number of likely N-dealkylation sites (tertiary alicyclic amines) is 1. The van der Waals surface area contributed by atoms with Gasteiger partial charge in [0.2, 0.25) is 20.0 Å². The second kappa shape index (κ2) is 13.3. The minimum Gasteiger partial charge on any atom is -0.306 e. The zero-order valence-corrected chi connectivity index (χ0v) is 26.2. The third-order valence-corrected chi connectivity index (χ3v) is 13.2. The van der Waals surface area contributed by atoms with Gasteiger partial charge in [-0.2, -0.15) is 8.61 Å². The van der Waals surface area contributed by atoms with Crippen molar-refractivity contribution in [2.75, 3.05) is 58.6 Å². The Labute approximate surface area is 237 Å². The van der Waals surface area contributed by atoms with Gasteiger partial charge in [0, 0.05) is 44.8 Å². The molecule has 3 aliphatic heterocycles. The van der Waals surface area contributed by atoms with Gasteiger partial charge in [0.25, 0.3) is 0 Å². The summed E-state index contributed by atoms with van der Waals surface area (Å²) in [5.74, 6) is 0.0926. The molecule has 0 aromatic heterocycles. The van der Waals surface area contributed by atoms with E-state index in [-0.39, 0.29) is 11.8 Å². The van der Waals surface area contributed by atoms with Gasteiger partial charge in [-0.1, -0.05) is 31.9 Å². The van der Waals surface area contributed by atoms with Crippen molar-refractivity contribution in [2.45, 2.75) is 95.5 Å². The Balaban J connectivity index is 1.34. The van der Waals surface area contributed by atoms with E-state index >= 15 is 0 Å². The third kappa shape index (κ3) is 7.43. The van der Waals surface area contributed by atoms with Gasteiger partial charge < -0.3 is 4.90 Å². The molecule has 10 heteroatoms.